The highest BCUT2D eigenvalue weighted by Crippen LogP contribution is 2.05. The van der Waals surface area contributed by atoms with E-state index in [0.717, 1.165) is 58.4 Å². The highest BCUT2D eigenvalue weighted by atomic mass is 16.5. The van der Waals surface area contributed by atoms with Gasteiger partial charge in [-0.2, -0.15) is 0 Å². The van der Waals surface area contributed by atoms with Crippen LogP contribution < -0.4 is 11.5 Å². The van der Waals surface area contributed by atoms with Gasteiger partial charge in [0.2, 0.25) is 0 Å². The van der Waals surface area contributed by atoms with E-state index in [2.05, 4.69) is 0 Å². The molecule has 0 aromatic heterocycles. The normalized spacial score (nSPS) is 10.8. The van der Waals surface area contributed by atoms with Gasteiger partial charge in [-0.25, -0.2) is 0 Å². The fourth-order valence-electron chi connectivity index (χ4n) is 0.983. The fourth-order valence-corrected chi connectivity index (χ4v) is 0.983. The summed E-state index contributed by atoms with van der Waals surface area (Å²) in [5, 5.41) is 0. The maximum atomic E-state index is 9.83. The second kappa shape index (κ2) is 16.6. The summed E-state index contributed by atoms with van der Waals surface area (Å²) in [5.41, 5.74) is 10.5. The highest BCUT2D eigenvalue weighted by molar-refractivity contribution is 5.56. The Morgan fingerprint density at radius 1 is 0.800 bits per heavy atom. The lowest BCUT2D eigenvalue weighted by Gasteiger charge is -2.04. The van der Waals surface area contributed by atoms with Crippen LogP contribution in [-0.2, 0) is 14.3 Å². The molecule has 0 spiro atoms. The van der Waals surface area contributed by atoms with E-state index in [9.17, 15) is 4.79 Å². The summed E-state index contributed by atoms with van der Waals surface area (Å²) in [7, 11) is 0. The van der Waals surface area contributed by atoms with E-state index in [-0.39, 0.29) is 5.41 Å². The molecular formula is C15H34N2O3. The van der Waals surface area contributed by atoms with E-state index in [1.165, 1.54) is 0 Å². The predicted octanol–water partition coefficient (Wildman–Crippen LogP) is 1.73. The summed E-state index contributed by atoms with van der Waals surface area (Å²) in [4.78, 5) is 9.83. The van der Waals surface area contributed by atoms with Crippen LogP contribution in [-0.4, -0.2) is 45.8 Å². The predicted molar refractivity (Wildman–Crippen MR) is 83.7 cm³/mol. The SMILES string of the molecule is CC(C)(C)C=O.NCCCOCCCCOCCCN. The molecule has 0 saturated carbocycles. The number of rotatable bonds is 11. The third-order valence-electron chi connectivity index (χ3n) is 2.17. The highest BCUT2D eigenvalue weighted by Gasteiger charge is 2.04. The fraction of sp³-hybridized carbons (Fsp3) is 0.933. The molecule has 0 atom stereocenters. The number of unbranched alkanes of at least 4 members (excludes halogenated alkanes) is 1. The van der Waals surface area contributed by atoms with Crippen molar-refractivity contribution >= 4 is 6.29 Å². The Morgan fingerprint density at radius 2 is 1.10 bits per heavy atom. The van der Waals surface area contributed by atoms with Crippen molar-refractivity contribution in [2.45, 2.75) is 46.5 Å². The first kappa shape index (κ1) is 21.8. The first-order chi connectivity index (χ1) is 9.47. The zero-order valence-corrected chi connectivity index (χ0v) is 13.5. The number of hydrogen-bond acceptors (Lipinski definition) is 5. The van der Waals surface area contributed by atoms with Crippen LogP contribution in [0.5, 0.6) is 0 Å². The number of aldehydes is 1. The molecule has 0 aromatic carbocycles. The third-order valence-corrected chi connectivity index (χ3v) is 2.17. The zero-order chi connectivity index (χ0) is 15.7. The number of carbonyl (C=O) groups is 1. The van der Waals surface area contributed by atoms with Gasteiger partial charge in [-0.1, -0.05) is 20.8 Å². The molecule has 0 heterocycles. The molecule has 20 heavy (non-hydrogen) atoms. The molecule has 0 saturated heterocycles. The van der Waals surface area contributed by atoms with Crippen molar-refractivity contribution < 1.29 is 14.3 Å². The lowest BCUT2D eigenvalue weighted by molar-refractivity contribution is -0.113. The molecule has 0 fully saturated rings. The average molecular weight is 290 g/mol. The van der Waals surface area contributed by atoms with Gasteiger partial charge >= 0.3 is 0 Å². The molecule has 0 unspecified atom stereocenters. The van der Waals surface area contributed by atoms with Gasteiger partial charge in [0.15, 0.2) is 0 Å². The van der Waals surface area contributed by atoms with Crippen molar-refractivity contribution in [3.8, 4) is 0 Å². The quantitative estimate of drug-likeness (QED) is 0.447. The van der Waals surface area contributed by atoms with Crippen molar-refractivity contribution in [1.82, 2.24) is 0 Å². The number of carbonyl (C=O) groups excluding carboxylic acids is 1. The summed E-state index contributed by atoms with van der Waals surface area (Å²) < 4.78 is 10.7. The molecule has 0 aromatic rings. The maximum Gasteiger partial charge on any atom is 0.125 e. The van der Waals surface area contributed by atoms with Gasteiger partial charge in [-0.15, -0.1) is 0 Å². The Bertz CT molecular complexity index is 182. The van der Waals surface area contributed by atoms with Crippen molar-refractivity contribution in [1.29, 1.82) is 0 Å². The lowest BCUT2D eigenvalue weighted by atomic mass is 10.0. The average Bonchev–Trinajstić information content (AvgIpc) is 2.41. The van der Waals surface area contributed by atoms with E-state index in [4.69, 9.17) is 20.9 Å². The summed E-state index contributed by atoms with van der Waals surface area (Å²) in [6.45, 7) is 10.2. The van der Waals surface area contributed by atoms with Crippen molar-refractivity contribution in [3.05, 3.63) is 0 Å². The van der Waals surface area contributed by atoms with E-state index in [1.54, 1.807) is 0 Å². The molecular weight excluding hydrogens is 256 g/mol. The molecule has 0 aliphatic heterocycles. The number of hydrogen-bond donors (Lipinski definition) is 2. The first-order valence-electron chi connectivity index (χ1n) is 7.50. The van der Waals surface area contributed by atoms with Crippen LogP contribution in [0.25, 0.3) is 0 Å². The van der Waals surface area contributed by atoms with Crippen molar-refractivity contribution in [3.63, 3.8) is 0 Å². The molecule has 5 nitrogen and oxygen atoms in total. The number of ether oxygens (including phenoxy) is 2. The molecule has 0 aliphatic rings. The minimum Gasteiger partial charge on any atom is -0.381 e. The Balaban J connectivity index is 0. The number of nitrogens with two attached hydrogens (primary N) is 2. The summed E-state index contributed by atoms with van der Waals surface area (Å²) in [5.74, 6) is 0. The molecule has 122 valence electrons. The van der Waals surface area contributed by atoms with Gasteiger partial charge in [0.05, 0.1) is 0 Å². The molecule has 0 rings (SSSR count). The largest absolute Gasteiger partial charge is 0.381 e. The van der Waals surface area contributed by atoms with E-state index >= 15 is 0 Å². The van der Waals surface area contributed by atoms with Crippen LogP contribution in [0.2, 0.25) is 0 Å². The van der Waals surface area contributed by atoms with Crippen LogP contribution >= 0.6 is 0 Å². The molecule has 0 amide bonds. The van der Waals surface area contributed by atoms with Crippen LogP contribution in [0.4, 0.5) is 0 Å². The van der Waals surface area contributed by atoms with Gasteiger partial charge in [-0.3, -0.25) is 0 Å². The van der Waals surface area contributed by atoms with E-state index in [0.29, 0.717) is 13.1 Å². The summed E-state index contributed by atoms with van der Waals surface area (Å²) in [6.07, 6.45) is 4.97. The molecule has 4 N–H and O–H groups in total. The smallest absolute Gasteiger partial charge is 0.125 e. The monoisotopic (exact) mass is 290 g/mol. The van der Waals surface area contributed by atoms with Crippen LogP contribution in [0, 0.1) is 5.41 Å². The Labute approximate surface area is 124 Å². The van der Waals surface area contributed by atoms with Gasteiger partial charge in [0.1, 0.15) is 6.29 Å². The van der Waals surface area contributed by atoms with Gasteiger partial charge in [0.25, 0.3) is 0 Å². The third kappa shape index (κ3) is 26.1. The second-order valence-corrected chi connectivity index (χ2v) is 5.70. The van der Waals surface area contributed by atoms with Crippen LogP contribution in [0.3, 0.4) is 0 Å². The minimum atomic E-state index is -0.139. The molecule has 0 bridgehead atoms. The van der Waals surface area contributed by atoms with Gasteiger partial charge in [-0.05, 0) is 38.8 Å². The standard InChI is InChI=1S/C10H24N2O2.C5H10O/c11-5-3-9-13-7-1-2-8-14-10-4-6-12;1-5(2,3)4-6/h1-12H2;4H,1-3H3. The maximum absolute atomic E-state index is 9.83. The van der Waals surface area contributed by atoms with Crippen molar-refractivity contribution in [2.75, 3.05) is 39.5 Å². The second-order valence-electron chi connectivity index (χ2n) is 5.70. The first-order valence-corrected chi connectivity index (χ1v) is 7.50. The Hall–Kier alpha value is -0.490. The van der Waals surface area contributed by atoms with E-state index < -0.39 is 0 Å². The molecule has 0 radical (unpaired) electrons. The minimum absolute atomic E-state index is 0.139. The Morgan fingerprint density at radius 3 is 1.35 bits per heavy atom. The molecule has 5 heteroatoms. The van der Waals surface area contributed by atoms with E-state index in [1.807, 2.05) is 20.8 Å². The van der Waals surface area contributed by atoms with Crippen molar-refractivity contribution in [2.24, 2.45) is 16.9 Å². The topological polar surface area (TPSA) is 87.6 Å². The van der Waals surface area contributed by atoms with Crippen LogP contribution in [0.1, 0.15) is 46.5 Å². The Kier molecular flexibility index (Phi) is 18.1. The zero-order valence-electron chi connectivity index (χ0n) is 13.5. The van der Waals surface area contributed by atoms with Crippen LogP contribution in [0.15, 0.2) is 0 Å². The van der Waals surface area contributed by atoms with Gasteiger partial charge < -0.3 is 25.7 Å². The summed E-state index contributed by atoms with van der Waals surface area (Å²) >= 11 is 0. The lowest BCUT2D eigenvalue weighted by Crippen LogP contribution is -2.07. The summed E-state index contributed by atoms with van der Waals surface area (Å²) in [6, 6.07) is 0. The van der Waals surface area contributed by atoms with Gasteiger partial charge in [0, 0.05) is 31.8 Å². The molecule has 0 aliphatic carbocycles.